The van der Waals surface area contributed by atoms with Gasteiger partial charge in [0, 0.05) is 6.54 Å². The molecule has 0 aliphatic heterocycles. The predicted octanol–water partition coefficient (Wildman–Crippen LogP) is 4.67. The highest BCUT2D eigenvalue weighted by molar-refractivity contribution is 5.76. The highest BCUT2D eigenvalue weighted by atomic mass is 16.5. The highest BCUT2D eigenvalue weighted by Crippen LogP contribution is 2.25. The molecular weight excluding hydrogens is 272 g/mol. The van der Waals surface area contributed by atoms with E-state index in [4.69, 9.17) is 9.72 Å². The molecule has 0 amide bonds. The van der Waals surface area contributed by atoms with Gasteiger partial charge in [0.2, 0.25) is 0 Å². The molecule has 3 aromatic rings. The zero-order chi connectivity index (χ0) is 15.5. The first-order valence-corrected chi connectivity index (χ1v) is 7.48. The maximum absolute atomic E-state index is 6.08. The van der Waals surface area contributed by atoms with Crippen LogP contribution in [-0.2, 0) is 6.54 Å². The lowest BCUT2D eigenvalue weighted by atomic mass is 10.2. The Morgan fingerprint density at radius 1 is 1.23 bits per heavy atom. The van der Waals surface area contributed by atoms with E-state index in [1.807, 2.05) is 49.4 Å². The summed E-state index contributed by atoms with van der Waals surface area (Å²) in [5, 5.41) is 0. The quantitative estimate of drug-likeness (QED) is 0.639. The standard InChI is InChI=1S/C19H20N2O/c1-4-12-21-18-11-6-5-10-17(18)20-19(21)15(3)22-16-9-7-8-14(2)13-16/h4-11,13,15H,1,12H2,2-3H3/t15-/m1/s1. The molecule has 0 aliphatic carbocycles. The van der Waals surface area contributed by atoms with Gasteiger partial charge in [0.25, 0.3) is 0 Å². The van der Waals surface area contributed by atoms with E-state index >= 15 is 0 Å². The maximum atomic E-state index is 6.08. The number of nitrogens with zero attached hydrogens (tertiary/aromatic N) is 2. The third-order valence-electron chi connectivity index (χ3n) is 3.66. The number of hydrogen-bond donors (Lipinski definition) is 0. The van der Waals surface area contributed by atoms with Crippen LogP contribution in [0.15, 0.2) is 61.2 Å². The van der Waals surface area contributed by atoms with E-state index < -0.39 is 0 Å². The predicted molar refractivity (Wildman–Crippen MR) is 90.2 cm³/mol. The van der Waals surface area contributed by atoms with Gasteiger partial charge in [-0.25, -0.2) is 4.98 Å². The molecule has 3 heteroatoms. The van der Waals surface area contributed by atoms with Crippen LogP contribution in [-0.4, -0.2) is 9.55 Å². The van der Waals surface area contributed by atoms with E-state index in [2.05, 4.69) is 30.2 Å². The smallest absolute Gasteiger partial charge is 0.153 e. The van der Waals surface area contributed by atoms with E-state index in [9.17, 15) is 0 Å². The fourth-order valence-corrected chi connectivity index (χ4v) is 2.67. The number of hydrogen-bond acceptors (Lipinski definition) is 2. The SMILES string of the molecule is C=CCn1c([C@@H](C)Oc2cccc(C)c2)nc2ccccc21. The number of allylic oxidation sites excluding steroid dienone is 1. The lowest BCUT2D eigenvalue weighted by molar-refractivity contribution is 0.212. The average Bonchev–Trinajstić information content (AvgIpc) is 2.87. The Bertz CT molecular complexity index is 804. The van der Waals surface area contributed by atoms with Gasteiger partial charge in [-0.05, 0) is 43.7 Å². The van der Waals surface area contributed by atoms with Gasteiger partial charge in [-0.1, -0.05) is 30.3 Å². The fraction of sp³-hybridized carbons (Fsp3) is 0.211. The summed E-state index contributed by atoms with van der Waals surface area (Å²) in [7, 11) is 0. The Kier molecular flexibility index (Phi) is 3.96. The number of para-hydroxylation sites is 2. The maximum Gasteiger partial charge on any atom is 0.153 e. The van der Waals surface area contributed by atoms with Crippen LogP contribution in [0.3, 0.4) is 0 Å². The van der Waals surface area contributed by atoms with Gasteiger partial charge in [-0.3, -0.25) is 0 Å². The first kappa shape index (κ1) is 14.4. The molecule has 0 N–H and O–H groups in total. The average molecular weight is 292 g/mol. The topological polar surface area (TPSA) is 27.1 Å². The first-order valence-electron chi connectivity index (χ1n) is 7.48. The molecule has 0 fully saturated rings. The van der Waals surface area contributed by atoms with E-state index in [0.717, 1.165) is 29.2 Å². The van der Waals surface area contributed by atoms with Crippen LogP contribution in [0.4, 0.5) is 0 Å². The number of fused-ring (bicyclic) bond motifs is 1. The molecule has 1 atom stereocenters. The van der Waals surface area contributed by atoms with Gasteiger partial charge in [0.1, 0.15) is 5.75 Å². The van der Waals surface area contributed by atoms with Gasteiger partial charge in [0.15, 0.2) is 11.9 Å². The minimum Gasteiger partial charge on any atom is -0.483 e. The Labute approximate surface area is 130 Å². The molecule has 1 heterocycles. The van der Waals surface area contributed by atoms with Gasteiger partial charge in [-0.2, -0.15) is 0 Å². The van der Waals surface area contributed by atoms with E-state index in [1.165, 1.54) is 5.56 Å². The number of rotatable bonds is 5. The second-order valence-electron chi connectivity index (χ2n) is 5.43. The van der Waals surface area contributed by atoms with Crippen LogP contribution in [0.2, 0.25) is 0 Å². The number of aryl methyl sites for hydroxylation is 1. The van der Waals surface area contributed by atoms with Crippen LogP contribution in [0, 0.1) is 6.92 Å². The Morgan fingerprint density at radius 3 is 2.82 bits per heavy atom. The molecule has 0 radical (unpaired) electrons. The third kappa shape index (κ3) is 2.75. The molecule has 0 bridgehead atoms. The molecule has 0 saturated heterocycles. The van der Waals surface area contributed by atoms with Gasteiger partial charge >= 0.3 is 0 Å². The molecule has 0 saturated carbocycles. The largest absolute Gasteiger partial charge is 0.483 e. The van der Waals surface area contributed by atoms with Crippen molar-refractivity contribution in [2.75, 3.05) is 0 Å². The van der Waals surface area contributed by atoms with E-state index in [0.29, 0.717) is 0 Å². The summed E-state index contributed by atoms with van der Waals surface area (Å²) in [6, 6.07) is 16.2. The Morgan fingerprint density at radius 2 is 2.05 bits per heavy atom. The number of benzene rings is 2. The lowest BCUT2D eigenvalue weighted by Crippen LogP contribution is -2.11. The summed E-state index contributed by atoms with van der Waals surface area (Å²) in [4.78, 5) is 4.74. The molecule has 22 heavy (non-hydrogen) atoms. The zero-order valence-electron chi connectivity index (χ0n) is 13.0. The van der Waals surface area contributed by atoms with E-state index in [-0.39, 0.29) is 6.10 Å². The van der Waals surface area contributed by atoms with Crippen LogP contribution in [0.5, 0.6) is 5.75 Å². The summed E-state index contributed by atoms with van der Waals surface area (Å²) in [5.74, 6) is 1.78. The van der Waals surface area contributed by atoms with Crippen LogP contribution >= 0.6 is 0 Å². The lowest BCUT2D eigenvalue weighted by Gasteiger charge is -2.16. The molecule has 0 unspecified atom stereocenters. The summed E-state index contributed by atoms with van der Waals surface area (Å²) >= 11 is 0. The monoisotopic (exact) mass is 292 g/mol. The molecule has 2 aromatic carbocycles. The van der Waals surface area contributed by atoms with Gasteiger partial charge in [0.05, 0.1) is 11.0 Å². The molecule has 1 aromatic heterocycles. The number of imidazole rings is 1. The minimum atomic E-state index is -0.130. The van der Waals surface area contributed by atoms with Crippen molar-refractivity contribution in [3.8, 4) is 5.75 Å². The third-order valence-corrected chi connectivity index (χ3v) is 3.66. The Hall–Kier alpha value is -2.55. The van der Waals surface area contributed by atoms with Crippen molar-refractivity contribution in [3.05, 3.63) is 72.6 Å². The van der Waals surface area contributed by atoms with Crippen LogP contribution < -0.4 is 4.74 Å². The van der Waals surface area contributed by atoms with Gasteiger partial charge in [-0.15, -0.1) is 6.58 Å². The minimum absolute atomic E-state index is 0.130. The van der Waals surface area contributed by atoms with Crippen LogP contribution in [0.25, 0.3) is 11.0 Å². The molecular formula is C19H20N2O. The molecule has 112 valence electrons. The van der Waals surface area contributed by atoms with Crippen molar-refractivity contribution >= 4 is 11.0 Å². The molecule has 3 nitrogen and oxygen atoms in total. The second-order valence-corrected chi connectivity index (χ2v) is 5.43. The van der Waals surface area contributed by atoms with Crippen molar-refractivity contribution in [2.24, 2.45) is 0 Å². The number of ether oxygens (including phenoxy) is 1. The first-order chi connectivity index (χ1) is 10.7. The second kappa shape index (κ2) is 6.06. The van der Waals surface area contributed by atoms with Gasteiger partial charge < -0.3 is 9.30 Å². The fourth-order valence-electron chi connectivity index (χ4n) is 2.67. The summed E-state index contributed by atoms with van der Waals surface area (Å²) in [6.45, 7) is 8.66. The molecule has 3 rings (SSSR count). The highest BCUT2D eigenvalue weighted by Gasteiger charge is 2.17. The normalized spacial score (nSPS) is 12.3. The molecule has 0 spiro atoms. The summed E-state index contributed by atoms with van der Waals surface area (Å²) in [6.07, 6.45) is 1.76. The summed E-state index contributed by atoms with van der Waals surface area (Å²) < 4.78 is 8.24. The van der Waals surface area contributed by atoms with Crippen molar-refractivity contribution < 1.29 is 4.74 Å². The van der Waals surface area contributed by atoms with E-state index in [1.54, 1.807) is 0 Å². The molecule has 0 aliphatic rings. The van der Waals surface area contributed by atoms with Crippen molar-refractivity contribution in [1.82, 2.24) is 9.55 Å². The van der Waals surface area contributed by atoms with Crippen LogP contribution in [0.1, 0.15) is 24.4 Å². The summed E-state index contributed by atoms with van der Waals surface area (Å²) in [5.41, 5.74) is 3.28. The van der Waals surface area contributed by atoms with Crippen molar-refractivity contribution in [1.29, 1.82) is 0 Å². The number of aromatic nitrogens is 2. The van der Waals surface area contributed by atoms with Crippen molar-refractivity contribution in [3.63, 3.8) is 0 Å². The van der Waals surface area contributed by atoms with Crippen molar-refractivity contribution in [2.45, 2.75) is 26.5 Å². The Balaban J connectivity index is 1.97. The zero-order valence-corrected chi connectivity index (χ0v) is 13.0.